The van der Waals surface area contributed by atoms with Crippen LogP contribution in [0, 0.1) is 11.6 Å². The smallest absolute Gasteiger partial charge is 0.410 e. The Morgan fingerprint density at radius 3 is 2.69 bits per heavy atom. The molecule has 1 amide bonds. The van der Waals surface area contributed by atoms with Crippen molar-refractivity contribution in [3.8, 4) is 0 Å². The molecule has 6 heteroatoms. The molecule has 1 aliphatic rings. The van der Waals surface area contributed by atoms with Crippen molar-refractivity contribution >= 4 is 11.7 Å². The molecule has 2 N–H and O–H groups in total. The van der Waals surface area contributed by atoms with Crippen LogP contribution in [0.3, 0.4) is 0 Å². The Labute approximate surface area is 150 Å². The summed E-state index contributed by atoms with van der Waals surface area (Å²) in [5.41, 5.74) is 7.00. The molecule has 2 aromatic rings. The minimum atomic E-state index is -0.525. The number of hydrogen-bond acceptors (Lipinski definition) is 3. The zero-order valence-electron chi connectivity index (χ0n) is 14.2. The molecule has 0 radical (unpaired) electrons. The molecule has 0 aromatic heterocycles. The number of amides is 1. The third-order valence-corrected chi connectivity index (χ3v) is 4.26. The van der Waals surface area contributed by atoms with Gasteiger partial charge in [-0.05, 0) is 42.3 Å². The molecule has 1 atom stereocenters. The molecule has 0 bridgehead atoms. The Kier molecular flexibility index (Phi) is 5.63. The lowest BCUT2D eigenvalue weighted by Crippen LogP contribution is -2.32. The van der Waals surface area contributed by atoms with Crippen molar-refractivity contribution in [2.24, 2.45) is 5.73 Å². The molecule has 0 unspecified atom stereocenters. The minimum absolute atomic E-state index is 0.140. The lowest BCUT2D eigenvalue weighted by Gasteiger charge is -2.24. The summed E-state index contributed by atoms with van der Waals surface area (Å²) in [5.74, 6) is -1.05. The minimum Gasteiger partial charge on any atom is -0.449 e. The maximum absolute atomic E-state index is 14.2. The summed E-state index contributed by atoms with van der Waals surface area (Å²) in [7, 11) is 0. The molecule has 0 saturated heterocycles. The average Bonchev–Trinajstić information content (AvgIpc) is 3.10. The second kappa shape index (κ2) is 8.10. The van der Waals surface area contributed by atoms with E-state index in [-0.39, 0.29) is 18.7 Å². The standard InChI is InChI=1S/C20H20F2N2O2/c21-16-7-8-18(22)17(12-16)15-11-19(14-5-2-1-3-6-14)24(13-15)20(25)26-10-4-9-23/h1-3,5-8,11-12,19H,4,9-10,13,23H2/t19-/m0/s1. The fourth-order valence-corrected chi connectivity index (χ4v) is 2.96. The van der Waals surface area contributed by atoms with Gasteiger partial charge in [0.1, 0.15) is 11.6 Å². The lowest BCUT2D eigenvalue weighted by molar-refractivity contribution is 0.101. The van der Waals surface area contributed by atoms with E-state index in [9.17, 15) is 13.6 Å². The quantitative estimate of drug-likeness (QED) is 0.825. The summed E-state index contributed by atoms with van der Waals surface area (Å²) in [4.78, 5) is 14.0. The third-order valence-electron chi connectivity index (χ3n) is 4.26. The van der Waals surface area contributed by atoms with Crippen molar-refractivity contribution in [1.82, 2.24) is 4.90 Å². The highest BCUT2D eigenvalue weighted by Gasteiger charge is 2.32. The Hall–Kier alpha value is -2.73. The van der Waals surface area contributed by atoms with E-state index in [0.29, 0.717) is 18.5 Å². The lowest BCUT2D eigenvalue weighted by atomic mass is 10.0. The summed E-state index contributed by atoms with van der Waals surface area (Å²) >= 11 is 0. The third kappa shape index (κ3) is 3.91. The molecule has 1 aliphatic heterocycles. The number of nitrogens with zero attached hydrogens (tertiary/aromatic N) is 1. The van der Waals surface area contributed by atoms with E-state index < -0.39 is 23.8 Å². The number of rotatable bonds is 5. The van der Waals surface area contributed by atoms with Gasteiger partial charge in [0, 0.05) is 5.56 Å². The number of benzene rings is 2. The summed E-state index contributed by atoms with van der Waals surface area (Å²) < 4.78 is 33.0. The topological polar surface area (TPSA) is 55.6 Å². The van der Waals surface area contributed by atoms with Crippen molar-refractivity contribution in [3.63, 3.8) is 0 Å². The Balaban J connectivity index is 1.91. The van der Waals surface area contributed by atoms with Crippen LogP contribution in [0.25, 0.3) is 5.57 Å². The highest BCUT2D eigenvalue weighted by Crippen LogP contribution is 2.36. The Bertz CT molecular complexity index is 809. The molecule has 0 aliphatic carbocycles. The molecular formula is C20H20F2N2O2. The predicted octanol–water partition coefficient (Wildman–Crippen LogP) is 3.89. The number of hydrogen-bond donors (Lipinski definition) is 1. The number of halogens is 2. The van der Waals surface area contributed by atoms with Crippen LogP contribution in [-0.4, -0.2) is 30.7 Å². The molecular weight excluding hydrogens is 338 g/mol. The molecule has 3 rings (SSSR count). The first-order valence-electron chi connectivity index (χ1n) is 8.44. The van der Waals surface area contributed by atoms with E-state index >= 15 is 0 Å². The fourth-order valence-electron chi connectivity index (χ4n) is 2.96. The van der Waals surface area contributed by atoms with Crippen molar-refractivity contribution in [2.45, 2.75) is 12.5 Å². The van der Waals surface area contributed by atoms with E-state index in [1.165, 1.54) is 4.90 Å². The molecule has 0 fully saturated rings. The molecule has 136 valence electrons. The van der Waals surface area contributed by atoms with E-state index in [2.05, 4.69) is 0 Å². The number of ether oxygens (including phenoxy) is 1. The van der Waals surface area contributed by atoms with Crippen LogP contribution >= 0.6 is 0 Å². The zero-order valence-corrected chi connectivity index (χ0v) is 14.2. The molecule has 0 saturated carbocycles. The van der Waals surface area contributed by atoms with Gasteiger partial charge < -0.3 is 10.5 Å². The summed E-state index contributed by atoms with van der Waals surface area (Å²) in [6.07, 6.45) is 1.83. The zero-order chi connectivity index (χ0) is 18.5. The number of carbonyl (C=O) groups is 1. The van der Waals surface area contributed by atoms with Crippen LogP contribution in [0.5, 0.6) is 0 Å². The number of nitrogens with two attached hydrogens (primary N) is 1. The highest BCUT2D eigenvalue weighted by molar-refractivity contribution is 5.79. The van der Waals surface area contributed by atoms with Crippen molar-refractivity contribution < 1.29 is 18.3 Å². The second-order valence-electron chi connectivity index (χ2n) is 6.06. The van der Waals surface area contributed by atoms with Crippen LogP contribution in [0.2, 0.25) is 0 Å². The average molecular weight is 358 g/mol. The van der Waals surface area contributed by atoms with E-state index in [0.717, 1.165) is 23.8 Å². The second-order valence-corrected chi connectivity index (χ2v) is 6.06. The summed E-state index contributed by atoms with van der Waals surface area (Å²) in [6, 6.07) is 12.3. The van der Waals surface area contributed by atoms with E-state index in [1.807, 2.05) is 30.3 Å². The first kappa shape index (κ1) is 18.1. The predicted molar refractivity (Wildman–Crippen MR) is 95.2 cm³/mol. The first-order chi connectivity index (χ1) is 12.6. The highest BCUT2D eigenvalue weighted by atomic mass is 19.1. The van der Waals surface area contributed by atoms with Gasteiger partial charge >= 0.3 is 6.09 Å². The van der Waals surface area contributed by atoms with Gasteiger partial charge in [0.05, 0.1) is 19.2 Å². The van der Waals surface area contributed by atoms with Crippen LogP contribution in [-0.2, 0) is 4.74 Å². The molecule has 1 heterocycles. The van der Waals surface area contributed by atoms with Crippen LogP contribution in [0.15, 0.2) is 54.6 Å². The summed E-state index contributed by atoms with van der Waals surface area (Å²) in [6.45, 7) is 0.784. The van der Waals surface area contributed by atoms with Gasteiger partial charge in [-0.15, -0.1) is 0 Å². The largest absolute Gasteiger partial charge is 0.449 e. The molecule has 4 nitrogen and oxygen atoms in total. The van der Waals surface area contributed by atoms with E-state index in [1.54, 1.807) is 6.08 Å². The van der Waals surface area contributed by atoms with Crippen LogP contribution in [0.4, 0.5) is 13.6 Å². The van der Waals surface area contributed by atoms with Gasteiger partial charge in [-0.25, -0.2) is 13.6 Å². The number of carbonyl (C=O) groups excluding carboxylic acids is 1. The Morgan fingerprint density at radius 1 is 1.19 bits per heavy atom. The summed E-state index contributed by atoms with van der Waals surface area (Å²) in [5, 5.41) is 0. The van der Waals surface area contributed by atoms with Gasteiger partial charge in [-0.2, -0.15) is 0 Å². The van der Waals surface area contributed by atoms with Crippen LogP contribution < -0.4 is 5.73 Å². The van der Waals surface area contributed by atoms with E-state index in [4.69, 9.17) is 10.5 Å². The molecule has 2 aromatic carbocycles. The van der Waals surface area contributed by atoms with Crippen molar-refractivity contribution in [1.29, 1.82) is 0 Å². The van der Waals surface area contributed by atoms with Gasteiger partial charge in [-0.3, -0.25) is 4.90 Å². The van der Waals surface area contributed by atoms with Gasteiger partial charge in [0.15, 0.2) is 0 Å². The maximum atomic E-state index is 14.2. The molecule has 0 spiro atoms. The molecule has 26 heavy (non-hydrogen) atoms. The van der Waals surface area contributed by atoms with Gasteiger partial charge in [0.2, 0.25) is 0 Å². The van der Waals surface area contributed by atoms with Gasteiger partial charge in [0.25, 0.3) is 0 Å². The fraction of sp³-hybridized carbons (Fsp3) is 0.250. The maximum Gasteiger partial charge on any atom is 0.410 e. The van der Waals surface area contributed by atoms with Crippen molar-refractivity contribution in [2.75, 3.05) is 19.7 Å². The van der Waals surface area contributed by atoms with Gasteiger partial charge in [-0.1, -0.05) is 36.4 Å². The van der Waals surface area contributed by atoms with Crippen molar-refractivity contribution in [3.05, 3.63) is 77.4 Å². The van der Waals surface area contributed by atoms with Crippen LogP contribution in [0.1, 0.15) is 23.6 Å². The first-order valence-corrected chi connectivity index (χ1v) is 8.44. The Morgan fingerprint density at radius 2 is 1.96 bits per heavy atom. The normalized spacial score (nSPS) is 16.5. The SMILES string of the molecule is NCCCOC(=O)N1CC(c2cc(F)ccc2F)=C[C@H]1c1ccccc1. The monoisotopic (exact) mass is 358 g/mol.